The van der Waals surface area contributed by atoms with Crippen molar-refractivity contribution in [3.63, 3.8) is 0 Å². The standard InChI is InChI=1S/C26H24B2O5/c29-27(23-11-15-25(16-12-23)31-19-21-7-3-1-4-8-21)33-28(30)24-13-17-26(18-14-24)32-20-22-9-5-2-6-10-22/h1-18,29-30H,19-20H2. The molecule has 164 valence electrons. The monoisotopic (exact) mass is 438 g/mol. The van der Waals surface area contributed by atoms with E-state index in [1.54, 1.807) is 48.5 Å². The Morgan fingerprint density at radius 1 is 0.485 bits per heavy atom. The Balaban J connectivity index is 1.27. The van der Waals surface area contributed by atoms with E-state index in [2.05, 4.69) is 0 Å². The number of benzene rings is 4. The van der Waals surface area contributed by atoms with Crippen molar-refractivity contribution in [2.24, 2.45) is 0 Å². The summed E-state index contributed by atoms with van der Waals surface area (Å²) in [4.78, 5) is 0. The van der Waals surface area contributed by atoms with Crippen LogP contribution in [-0.2, 0) is 17.8 Å². The van der Waals surface area contributed by atoms with E-state index in [1.807, 2.05) is 60.7 Å². The van der Waals surface area contributed by atoms with Gasteiger partial charge in [0.1, 0.15) is 24.7 Å². The lowest BCUT2D eigenvalue weighted by Gasteiger charge is -2.13. The van der Waals surface area contributed by atoms with Gasteiger partial charge in [0.15, 0.2) is 0 Å². The summed E-state index contributed by atoms with van der Waals surface area (Å²) < 4.78 is 16.9. The van der Waals surface area contributed by atoms with Crippen molar-refractivity contribution < 1.29 is 24.1 Å². The van der Waals surface area contributed by atoms with Gasteiger partial charge in [-0.3, -0.25) is 0 Å². The first kappa shape index (κ1) is 22.7. The minimum atomic E-state index is -1.28. The van der Waals surface area contributed by atoms with Crippen molar-refractivity contribution in [3.8, 4) is 11.5 Å². The molecule has 0 saturated carbocycles. The summed E-state index contributed by atoms with van der Waals surface area (Å²) in [5.41, 5.74) is 3.18. The van der Waals surface area contributed by atoms with E-state index < -0.39 is 14.2 Å². The first-order chi connectivity index (χ1) is 16.2. The molecule has 4 rings (SSSR count). The zero-order valence-corrected chi connectivity index (χ0v) is 18.1. The summed E-state index contributed by atoms with van der Waals surface area (Å²) in [5, 5.41) is 20.7. The minimum Gasteiger partial charge on any atom is -0.489 e. The highest BCUT2D eigenvalue weighted by Gasteiger charge is 2.26. The second-order valence-corrected chi connectivity index (χ2v) is 7.53. The summed E-state index contributed by atoms with van der Waals surface area (Å²) >= 11 is 0. The Kier molecular flexibility index (Phi) is 7.82. The van der Waals surface area contributed by atoms with Gasteiger partial charge in [0.2, 0.25) is 0 Å². The molecule has 0 aliphatic rings. The topological polar surface area (TPSA) is 68.2 Å². The van der Waals surface area contributed by atoms with Gasteiger partial charge in [-0.15, -0.1) is 0 Å². The van der Waals surface area contributed by atoms with Crippen molar-refractivity contribution in [1.82, 2.24) is 0 Å². The quantitative estimate of drug-likeness (QED) is 0.373. The molecule has 4 aromatic carbocycles. The number of rotatable bonds is 10. The predicted octanol–water partition coefficient (Wildman–Crippen LogP) is 2.94. The van der Waals surface area contributed by atoms with E-state index in [0.29, 0.717) is 35.6 Å². The van der Waals surface area contributed by atoms with E-state index in [4.69, 9.17) is 14.0 Å². The largest absolute Gasteiger partial charge is 0.489 e. The van der Waals surface area contributed by atoms with Gasteiger partial charge in [-0.1, -0.05) is 84.9 Å². The van der Waals surface area contributed by atoms with Crippen LogP contribution in [0.2, 0.25) is 0 Å². The van der Waals surface area contributed by atoms with E-state index >= 15 is 0 Å². The average molecular weight is 438 g/mol. The third kappa shape index (κ3) is 6.73. The van der Waals surface area contributed by atoms with E-state index in [-0.39, 0.29) is 0 Å². The van der Waals surface area contributed by atoms with Crippen molar-refractivity contribution in [1.29, 1.82) is 0 Å². The molecular formula is C26H24B2O5. The third-order valence-electron chi connectivity index (χ3n) is 5.08. The predicted molar refractivity (Wildman–Crippen MR) is 131 cm³/mol. The maximum atomic E-state index is 10.4. The highest BCUT2D eigenvalue weighted by molar-refractivity contribution is 6.73. The molecule has 33 heavy (non-hydrogen) atoms. The molecule has 0 radical (unpaired) electrons. The van der Waals surface area contributed by atoms with Gasteiger partial charge in [0.05, 0.1) is 0 Å². The Hall–Kier alpha value is -3.51. The van der Waals surface area contributed by atoms with Crippen LogP contribution < -0.4 is 20.4 Å². The van der Waals surface area contributed by atoms with Crippen LogP contribution in [0.1, 0.15) is 11.1 Å². The van der Waals surface area contributed by atoms with Crippen LogP contribution >= 0.6 is 0 Å². The molecule has 4 aromatic rings. The van der Waals surface area contributed by atoms with Crippen LogP contribution in [0.15, 0.2) is 109 Å². The number of ether oxygens (including phenoxy) is 2. The molecular weight excluding hydrogens is 414 g/mol. The van der Waals surface area contributed by atoms with Crippen LogP contribution in [0.25, 0.3) is 0 Å². The molecule has 0 heterocycles. The molecule has 7 heteroatoms. The molecule has 0 amide bonds. The Morgan fingerprint density at radius 3 is 1.21 bits per heavy atom. The Labute approximate surface area is 194 Å². The average Bonchev–Trinajstić information content (AvgIpc) is 2.88. The highest BCUT2D eigenvalue weighted by Crippen LogP contribution is 2.13. The fourth-order valence-electron chi connectivity index (χ4n) is 3.22. The molecule has 0 atom stereocenters. The summed E-state index contributed by atoms with van der Waals surface area (Å²) in [7, 11) is -2.56. The zero-order valence-electron chi connectivity index (χ0n) is 18.1. The maximum Gasteiger partial charge on any atom is 0.477 e. The van der Waals surface area contributed by atoms with Gasteiger partial charge in [0, 0.05) is 0 Å². The van der Waals surface area contributed by atoms with Gasteiger partial charge < -0.3 is 24.1 Å². The first-order valence-corrected chi connectivity index (χ1v) is 10.7. The molecule has 0 aliphatic carbocycles. The van der Waals surface area contributed by atoms with E-state index in [0.717, 1.165) is 11.1 Å². The van der Waals surface area contributed by atoms with Gasteiger partial charge in [-0.2, -0.15) is 0 Å². The molecule has 0 aliphatic heterocycles. The van der Waals surface area contributed by atoms with Crippen LogP contribution in [0.4, 0.5) is 0 Å². The van der Waals surface area contributed by atoms with Crippen molar-refractivity contribution in [2.45, 2.75) is 13.2 Å². The van der Waals surface area contributed by atoms with Gasteiger partial charge in [0.25, 0.3) is 0 Å². The normalized spacial score (nSPS) is 10.5. The first-order valence-electron chi connectivity index (χ1n) is 10.7. The van der Waals surface area contributed by atoms with Crippen molar-refractivity contribution in [2.75, 3.05) is 0 Å². The number of hydrogen-bond donors (Lipinski definition) is 2. The second kappa shape index (κ2) is 11.4. The second-order valence-electron chi connectivity index (χ2n) is 7.53. The van der Waals surface area contributed by atoms with Gasteiger partial charge in [-0.05, 0) is 46.3 Å². The maximum absolute atomic E-state index is 10.4. The zero-order chi connectivity index (χ0) is 22.9. The molecule has 5 nitrogen and oxygen atoms in total. The van der Waals surface area contributed by atoms with Crippen LogP contribution in [0, 0.1) is 0 Å². The molecule has 0 aromatic heterocycles. The van der Waals surface area contributed by atoms with E-state index in [9.17, 15) is 10.0 Å². The molecule has 2 N–H and O–H groups in total. The van der Waals surface area contributed by atoms with Gasteiger partial charge in [-0.25, -0.2) is 0 Å². The SMILES string of the molecule is OB(OB(O)c1ccc(OCc2ccccc2)cc1)c1ccc(OCc2ccccc2)cc1. The Morgan fingerprint density at radius 2 is 0.848 bits per heavy atom. The van der Waals surface area contributed by atoms with Crippen LogP contribution in [0.3, 0.4) is 0 Å². The lowest BCUT2D eigenvalue weighted by atomic mass is 9.71. The van der Waals surface area contributed by atoms with Gasteiger partial charge >= 0.3 is 14.2 Å². The molecule has 0 spiro atoms. The Bertz CT molecular complexity index is 1020. The third-order valence-corrected chi connectivity index (χ3v) is 5.08. The lowest BCUT2D eigenvalue weighted by molar-refractivity contribution is 0.306. The summed E-state index contributed by atoms with van der Waals surface area (Å²) in [6.45, 7) is 0.923. The molecule has 0 fully saturated rings. The number of hydrogen-bond acceptors (Lipinski definition) is 5. The smallest absolute Gasteiger partial charge is 0.477 e. The van der Waals surface area contributed by atoms with E-state index in [1.165, 1.54) is 0 Å². The van der Waals surface area contributed by atoms with Crippen molar-refractivity contribution >= 4 is 25.2 Å². The lowest BCUT2D eigenvalue weighted by Crippen LogP contribution is -2.44. The minimum absolute atomic E-state index is 0.461. The fourth-order valence-corrected chi connectivity index (χ4v) is 3.22. The highest BCUT2D eigenvalue weighted by atomic mass is 16.5. The summed E-state index contributed by atoms with van der Waals surface area (Å²) in [5.74, 6) is 1.36. The van der Waals surface area contributed by atoms with Crippen LogP contribution in [-0.4, -0.2) is 24.3 Å². The summed E-state index contributed by atoms with van der Waals surface area (Å²) in [6, 6.07) is 33.6. The van der Waals surface area contributed by atoms with Crippen LogP contribution in [0.5, 0.6) is 11.5 Å². The molecule has 0 unspecified atom stereocenters. The van der Waals surface area contributed by atoms with Crippen molar-refractivity contribution in [3.05, 3.63) is 120 Å². The fraction of sp³-hybridized carbons (Fsp3) is 0.0769. The molecule has 0 bridgehead atoms. The molecule has 0 saturated heterocycles. The summed E-state index contributed by atoms with van der Waals surface area (Å²) in [6.07, 6.45) is 0.